The summed E-state index contributed by atoms with van der Waals surface area (Å²) in [6, 6.07) is 11.3. The van der Waals surface area contributed by atoms with Crippen LogP contribution >= 0.6 is 11.8 Å². The topological polar surface area (TPSA) is 58.8 Å². The molecule has 0 aliphatic carbocycles. The van der Waals surface area contributed by atoms with Crippen LogP contribution in [0.1, 0.15) is 11.4 Å². The van der Waals surface area contributed by atoms with Gasteiger partial charge in [-0.3, -0.25) is 0 Å². The highest BCUT2D eigenvalue weighted by Gasteiger charge is 2.08. The predicted octanol–water partition coefficient (Wildman–Crippen LogP) is 2.82. The molecule has 0 saturated heterocycles. The summed E-state index contributed by atoms with van der Waals surface area (Å²) >= 11 is 1.38. The molecule has 5 heteroatoms. The second-order valence-electron chi connectivity index (χ2n) is 3.54. The summed E-state index contributed by atoms with van der Waals surface area (Å²) in [4.78, 5) is 9.38. The fourth-order valence-electron chi connectivity index (χ4n) is 1.45. The number of ether oxygens (including phenoxy) is 1. The molecule has 0 radical (unpaired) electrons. The van der Waals surface area contributed by atoms with Crippen LogP contribution < -0.4 is 4.74 Å². The smallest absolute Gasteiger partial charge is 0.194 e. The van der Waals surface area contributed by atoms with Gasteiger partial charge in [-0.15, -0.1) is 0 Å². The molecule has 0 N–H and O–H groups in total. The first kappa shape index (κ1) is 12.4. The Morgan fingerprint density at radius 2 is 2.06 bits per heavy atom. The number of nitriles is 1. The number of hydrogen-bond acceptors (Lipinski definition) is 5. The molecule has 2 rings (SSSR count). The molecule has 1 aromatic carbocycles. The van der Waals surface area contributed by atoms with Gasteiger partial charge in [-0.1, -0.05) is 12.1 Å². The zero-order valence-electron chi connectivity index (χ0n) is 10.0. The maximum Gasteiger partial charge on any atom is 0.194 e. The average Bonchev–Trinajstić information content (AvgIpc) is 2.38. The molecule has 0 atom stereocenters. The van der Waals surface area contributed by atoms with Crippen molar-refractivity contribution in [3.63, 3.8) is 0 Å². The Morgan fingerprint density at radius 3 is 2.78 bits per heavy atom. The van der Waals surface area contributed by atoms with Gasteiger partial charge < -0.3 is 4.74 Å². The molecule has 1 heterocycles. The lowest BCUT2D eigenvalue weighted by atomic mass is 10.3. The summed E-state index contributed by atoms with van der Waals surface area (Å²) in [6.07, 6.45) is 0. The second-order valence-corrected chi connectivity index (χ2v) is 4.55. The van der Waals surface area contributed by atoms with Crippen LogP contribution in [-0.2, 0) is 0 Å². The fraction of sp³-hybridized carbons (Fsp3) is 0.154. The molecule has 0 aliphatic heterocycles. The molecule has 0 bridgehead atoms. The molecule has 0 fully saturated rings. The average molecular weight is 257 g/mol. The first-order valence-corrected chi connectivity index (χ1v) is 6.11. The number of para-hydroxylation sites is 1. The molecule has 0 spiro atoms. The monoisotopic (exact) mass is 257 g/mol. The van der Waals surface area contributed by atoms with Crippen molar-refractivity contribution in [1.29, 1.82) is 5.26 Å². The van der Waals surface area contributed by atoms with Gasteiger partial charge in [-0.05, 0) is 36.9 Å². The van der Waals surface area contributed by atoms with Crippen LogP contribution in [0.15, 0.2) is 40.4 Å². The van der Waals surface area contributed by atoms with Crippen molar-refractivity contribution in [2.45, 2.75) is 17.0 Å². The first-order valence-electron chi connectivity index (χ1n) is 5.29. The lowest BCUT2D eigenvalue weighted by molar-refractivity contribution is 0.405. The summed E-state index contributed by atoms with van der Waals surface area (Å²) in [7, 11) is 1.62. The minimum Gasteiger partial charge on any atom is -0.496 e. The molecule has 18 heavy (non-hydrogen) atoms. The molecule has 0 saturated carbocycles. The van der Waals surface area contributed by atoms with E-state index in [0.29, 0.717) is 10.9 Å². The molecule has 2 aromatic rings. The number of rotatable bonds is 3. The van der Waals surface area contributed by atoms with Crippen LogP contribution in [0, 0.1) is 18.3 Å². The Balaban J connectivity index is 2.34. The van der Waals surface area contributed by atoms with Gasteiger partial charge in [0.25, 0.3) is 0 Å². The molecular weight excluding hydrogens is 246 g/mol. The molecule has 90 valence electrons. The second kappa shape index (κ2) is 5.52. The van der Waals surface area contributed by atoms with Crippen molar-refractivity contribution in [3.8, 4) is 11.8 Å². The van der Waals surface area contributed by atoms with Gasteiger partial charge >= 0.3 is 0 Å². The van der Waals surface area contributed by atoms with E-state index < -0.39 is 0 Å². The highest BCUT2D eigenvalue weighted by atomic mass is 32.2. The number of aromatic nitrogens is 2. The molecule has 0 aliphatic rings. The lowest BCUT2D eigenvalue weighted by Crippen LogP contribution is -1.94. The third-order valence-electron chi connectivity index (χ3n) is 2.22. The van der Waals surface area contributed by atoms with E-state index in [1.54, 1.807) is 13.2 Å². The van der Waals surface area contributed by atoms with Crippen molar-refractivity contribution in [2.75, 3.05) is 7.11 Å². The van der Waals surface area contributed by atoms with E-state index in [-0.39, 0.29) is 0 Å². The van der Waals surface area contributed by atoms with Crippen LogP contribution in [0.2, 0.25) is 0 Å². The Bertz CT molecular complexity index is 607. The summed E-state index contributed by atoms with van der Waals surface area (Å²) in [5.41, 5.74) is 1.15. The Hall–Kier alpha value is -2.06. The molecule has 0 unspecified atom stereocenters. The first-order chi connectivity index (χ1) is 8.72. The van der Waals surface area contributed by atoms with Gasteiger partial charge in [0.05, 0.1) is 12.0 Å². The highest BCUT2D eigenvalue weighted by Crippen LogP contribution is 2.32. The summed E-state index contributed by atoms with van der Waals surface area (Å²) in [6.45, 7) is 1.84. The van der Waals surface area contributed by atoms with E-state index in [2.05, 4.69) is 9.97 Å². The quantitative estimate of drug-likeness (QED) is 0.791. The lowest BCUT2D eigenvalue weighted by Gasteiger charge is -2.06. The van der Waals surface area contributed by atoms with E-state index in [9.17, 15) is 0 Å². The number of hydrogen-bond donors (Lipinski definition) is 0. The normalized spacial score (nSPS) is 9.83. The highest BCUT2D eigenvalue weighted by molar-refractivity contribution is 7.99. The third kappa shape index (κ3) is 2.79. The van der Waals surface area contributed by atoms with E-state index in [1.807, 2.05) is 37.3 Å². The SMILES string of the molecule is COc1ccccc1Sc1nc(C)cc(C#N)n1. The van der Waals surface area contributed by atoms with E-state index in [1.165, 1.54) is 11.8 Å². The standard InChI is InChI=1S/C13H11N3OS/c1-9-7-10(8-14)16-13(15-9)18-12-6-4-3-5-11(12)17-2/h3-7H,1-2H3. The minimum absolute atomic E-state index is 0.375. The van der Waals surface area contributed by atoms with Crippen LogP contribution in [0.25, 0.3) is 0 Å². The number of aryl methyl sites for hydroxylation is 1. The maximum atomic E-state index is 8.88. The Morgan fingerprint density at radius 1 is 1.28 bits per heavy atom. The van der Waals surface area contributed by atoms with Crippen LogP contribution in [-0.4, -0.2) is 17.1 Å². The molecule has 1 aromatic heterocycles. The summed E-state index contributed by atoms with van der Waals surface area (Å²) < 4.78 is 5.26. The Kier molecular flexibility index (Phi) is 3.80. The summed E-state index contributed by atoms with van der Waals surface area (Å²) in [5.74, 6) is 0.770. The fourth-order valence-corrected chi connectivity index (χ4v) is 2.37. The van der Waals surface area contributed by atoms with Gasteiger partial charge in [0.1, 0.15) is 17.5 Å². The van der Waals surface area contributed by atoms with Crippen molar-refractivity contribution in [2.24, 2.45) is 0 Å². The number of nitrogens with zero attached hydrogens (tertiary/aromatic N) is 3. The van der Waals surface area contributed by atoms with Crippen LogP contribution in [0.4, 0.5) is 0 Å². The van der Waals surface area contributed by atoms with E-state index in [4.69, 9.17) is 10.00 Å². The predicted molar refractivity (Wildman–Crippen MR) is 68.6 cm³/mol. The van der Waals surface area contributed by atoms with Crippen LogP contribution in [0.5, 0.6) is 5.75 Å². The third-order valence-corrected chi connectivity index (χ3v) is 3.14. The number of benzene rings is 1. The van der Waals surface area contributed by atoms with Gasteiger partial charge in [-0.25, -0.2) is 9.97 Å². The Labute approximate surface area is 110 Å². The maximum absolute atomic E-state index is 8.88. The number of methoxy groups -OCH3 is 1. The zero-order chi connectivity index (χ0) is 13.0. The largest absolute Gasteiger partial charge is 0.496 e. The van der Waals surface area contributed by atoms with Gasteiger partial charge in [0.2, 0.25) is 0 Å². The zero-order valence-corrected chi connectivity index (χ0v) is 10.9. The van der Waals surface area contributed by atoms with Gasteiger partial charge in [0.15, 0.2) is 5.16 Å². The van der Waals surface area contributed by atoms with Crippen molar-refractivity contribution in [3.05, 3.63) is 41.7 Å². The van der Waals surface area contributed by atoms with E-state index in [0.717, 1.165) is 16.3 Å². The van der Waals surface area contributed by atoms with Crippen LogP contribution in [0.3, 0.4) is 0 Å². The van der Waals surface area contributed by atoms with Crippen molar-refractivity contribution in [1.82, 2.24) is 9.97 Å². The van der Waals surface area contributed by atoms with Gasteiger partial charge in [0, 0.05) is 5.69 Å². The molecule has 4 nitrogen and oxygen atoms in total. The minimum atomic E-state index is 0.375. The van der Waals surface area contributed by atoms with Gasteiger partial charge in [-0.2, -0.15) is 5.26 Å². The molecular formula is C13H11N3OS. The summed E-state index contributed by atoms with van der Waals surface area (Å²) in [5, 5.41) is 9.43. The molecule has 0 amide bonds. The van der Waals surface area contributed by atoms with Crippen molar-refractivity contribution >= 4 is 11.8 Å². The van der Waals surface area contributed by atoms with E-state index >= 15 is 0 Å². The van der Waals surface area contributed by atoms with Crippen molar-refractivity contribution < 1.29 is 4.74 Å².